The van der Waals surface area contributed by atoms with Crippen LogP contribution in [0.4, 0.5) is 0 Å². The van der Waals surface area contributed by atoms with Gasteiger partial charge in [0.25, 0.3) is 0 Å². The van der Waals surface area contributed by atoms with Crippen LogP contribution in [0.3, 0.4) is 0 Å². The lowest BCUT2D eigenvalue weighted by Crippen LogP contribution is -2.18. The average molecular weight is 285 g/mol. The van der Waals surface area contributed by atoms with Crippen LogP contribution in [0.25, 0.3) is 0 Å². The highest BCUT2D eigenvalue weighted by Gasteiger charge is 2.20. The number of pyridine rings is 1. The van der Waals surface area contributed by atoms with Gasteiger partial charge in [0, 0.05) is 15.0 Å². The van der Waals surface area contributed by atoms with Crippen LogP contribution in [0, 0.1) is 0 Å². The van der Waals surface area contributed by atoms with Gasteiger partial charge >= 0.3 is 0 Å². The van der Waals surface area contributed by atoms with Crippen molar-refractivity contribution in [2.24, 2.45) is 0 Å². The summed E-state index contributed by atoms with van der Waals surface area (Å²) in [6.45, 7) is 11.5. The van der Waals surface area contributed by atoms with Crippen molar-refractivity contribution in [2.75, 3.05) is 0 Å². The van der Waals surface area contributed by atoms with Gasteiger partial charge in [-0.05, 0) is 44.6 Å². The Hall–Kier alpha value is -0.153. The van der Waals surface area contributed by atoms with Crippen LogP contribution in [0.5, 0.6) is 0 Å². The van der Waals surface area contributed by atoms with Crippen LogP contribution in [0.2, 0.25) is 13.1 Å². The van der Waals surface area contributed by atoms with Gasteiger partial charge in [0.2, 0.25) is 0 Å². The zero-order chi connectivity index (χ0) is 11.6. The summed E-state index contributed by atoms with van der Waals surface area (Å²) in [7, 11) is -0.261. The van der Waals surface area contributed by atoms with Gasteiger partial charge < -0.3 is 0 Å². The van der Waals surface area contributed by atoms with E-state index in [1.165, 1.54) is 17.2 Å². The Labute approximate surface area is 103 Å². The molecule has 1 heterocycles. The van der Waals surface area contributed by atoms with Crippen molar-refractivity contribution >= 4 is 24.7 Å². The molecule has 0 fully saturated rings. The largest absolute Gasteiger partial charge is 0.249 e. The van der Waals surface area contributed by atoms with E-state index in [4.69, 9.17) is 0 Å². The summed E-state index contributed by atoms with van der Waals surface area (Å²) >= 11 is 3.57. The van der Waals surface area contributed by atoms with Gasteiger partial charge in [-0.1, -0.05) is 33.9 Å². The van der Waals surface area contributed by atoms with Crippen LogP contribution >= 0.6 is 15.9 Å². The first-order chi connectivity index (χ1) is 6.82. The Morgan fingerprint density at radius 1 is 1.33 bits per heavy atom. The normalized spacial score (nSPS) is 12.2. The van der Waals surface area contributed by atoms with Gasteiger partial charge in [-0.15, -0.1) is 0 Å². The van der Waals surface area contributed by atoms with Gasteiger partial charge in [-0.2, -0.15) is 0 Å². The van der Waals surface area contributed by atoms with E-state index in [0.717, 1.165) is 4.60 Å². The molecule has 1 aromatic heterocycles. The molecule has 0 spiro atoms. The van der Waals surface area contributed by atoms with E-state index in [9.17, 15) is 0 Å². The molecule has 0 aliphatic rings. The molecule has 0 aromatic carbocycles. The van der Waals surface area contributed by atoms with E-state index in [1.807, 2.05) is 6.20 Å². The molecule has 0 bridgehead atoms. The summed E-state index contributed by atoms with van der Waals surface area (Å²) in [5, 5.41) is 0. The third-order valence-electron chi connectivity index (χ3n) is 2.34. The van der Waals surface area contributed by atoms with Crippen molar-refractivity contribution < 1.29 is 0 Å². The van der Waals surface area contributed by atoms with Crippen molar-refractivity contribution in [1.82, 2.24) is 4.98 Å². The van der Waals surface area contributed by atoms with Crippen molar-refractivity contribution in [1.29, 1.82) is 0 Å². The van der Waals surface area contributed by atoms with E-state index in [-0.39, 0.29) is 14.2 Å². The molecule has 1 nitrogen and oxygen atoms in total. The quantitative estimate of drug-likeness (QED) is 0.591. The first-order valence-electron chi connectivity index (χ1n) is 5.25. The number of nitrogens with zero attached hydrogens (tertiary/aromatic N) is 1. The highest BCUT2D eigenvalue weighted by molar-refractivity contribution is 9.10. The summed E-state index contributed by atoms with van der Waals surface area (Å²) < 4.78 is 1.03. The third kappa shape index (κ3) is 3.42. The molecule has 15 heavy (non-hydrogen) atoms. The molecule has 0 unspecified atom stereocenters. The summed E-state index contributed by atoms with van der Waals surface area (Å²) in [6, 6.07) is 3.34. The summed E-state index contributed by atoms with van der Waals surface area (Å²) in [5.74, 6) is 0. The van der Waals surface area contributed by atoms with E-state index in [2.05, 4.69) is 60.8 Å². The molecule has 0 saturated carbocycles. The van der Waals surface area contributed by atoms with Crippen LogP contribution in [-0.2, 0) is 11.5 Å². The second-order valence-corrected chi connectivity index (χ2v) is 8.78. The Morgan fingerprint density at radius 3 is 2.40 bits per heavy atom. The van der Waals surface area contributed by atoms with Crippen LogP contribution in [0.1, 0.15) is 31.9 Å². The second-order valence-electron chi connectivity index (χ2n) is 5.26. The standard InChI is InChI=1S/C12H19BrNSi/c1-12(2,3)10-6-7-14-11(13)9(10)8-15(4)5/h6-7H,8H2,1-5H3. The summed E-state index contributed by atoms with van der Waals surface area (Å²) in [6.07, 6.45) is 1.89. The minimum atomic E-state index is -0.261. The Morgan fingerprint density at radius 2 is 1.93 bits per heavy atom. The van der Waals surface area contributed by atoms with E-state index in [0.29, 0.717) is 0 Å². The molecule has 1 radical (unpaired) electrons. The van der Waals surface area contributed by atoms with Gasteiger partial charge in [0.15, 0.2) is 0 Å². The second kappa shape index (κ2) is 4.79. The van der Waals surface area contributed by atoms with Crippen LogP contribution < -0.4 is 0 Å². The molecule has 1 rings (SSSR count). The molecular formula is C12H19BrNSi. The smallest absolute Gasteiger partial charge is 0.109 e. The Kier molecular flexibility index (Phi) is 4.12. The van der Waals surface area contributed by atoms with Gasteiger partial charge in [0.1, 0.15) is 4.60 Å². The topological polar surface area (TPSA) is 12.9 Å². The van der Waals surface area contributed by atoms with Crippen LogP contribution in [-0.4, -0.2) is 13.8 Å². The van der Waals surface area contributed by atoms with Gasteiger partial charge in [-0.25, -0.2) is 4.98 Å². The zero-order valence-electron chi connectivity index (χ0n) is 10.2. The molecule has 0 saturated heterocycles. The van der Waals surface area contributed by atoms with Gasteiger partial charge in [0.05, 0.1) is 0 Å². The molecule has 0 atom stereocenters. The Bertz CT molecular complexity index is 342. The van der Waals surface area contributed by atoms with Crippen molar-refractivity contribution in [3.63, 3.8) is 0 Å². The van der Waals surface area contributed by atoms with E-state index in [1.54, 1.807) is 0 Å². The lowest BCUT2D eigenvalue weighted by molar-refractivity contribution is 0.583. The monoisotopic (exact) mass is 284 g/mol. The van der Waals surface area contributed by atoms with Crippen molar-refractivity contribution in [3.8, 4) is 0 Å². The molecule has 0 aliphatic heterocycles. The summed E-state index contributed by atoms with van der Waals surface area (Å²) in [5.41, 5.74) is 3.04. The van der Waals surface area contributed by atoms with Crippen molar-refractivity contribution in [3.05, 3.63) is 28.0 Å². The molecular weight excluding hydrogens is 266 g/mol. The lowest BCUT2D eigenvalue weighted by Gasteiger charge is -2.24. The maximum Gasteiger partial charge on any atom is 0.109 e. The highest BCUT2D eigenvalue weighted by Crippen LogP contribution is 2.29. The Balaban J connectivity index is 3.21. The molecule has 3 heteroatoms. The third-order valence-corrected chi connectivity index (χ3v) is 4.09. The fraction of sp³-hybridized carbons (Fsp3) is 0.583. The first-order valence-corrected chi connectivity index (χ1v) is 8.75. The molecule has 0 aliphatic carbocycles. The highest BCUT2D eigenvalue weighted by atomic mass is 79.9. The molecule has 1 aromatic rings. The summed E-state index contributed by atoms with van der Waals surface area (Å²) in [4.78, 5) is 4.34. The SMILES string of the molecule is C[Si](C)Cc1c(C(C)(C)C)ccnc1Br. The minimum Gasteiger partial charge on any atom is -0.249 e. The molecule has 0 N–H and O–H groups in total. The minimum absolute atomic E-state index is 0.206. The first kappa shape index (κ1) is 12.9. The predicted molar refractivity (Wildman–Crippen MR) is 71.8 cm³/mol. The number of aromatic nitrogens is 1. The maximum absolute atomic E-state index is 4.34. The van der Waals surface area contributed by atoms with Crippen molar-refractivity contribution in [2.45, 2.75) is 45.3 Å². The van der Waals surface area contributed by atoms with Crippen LogP contribution in [0.15, 0.2) is 16.9 Å². The van der Waals surface area contributed by atoms with E-state index < -0.39 is 0 Å². The lowest BCUT2D eigenvalue weighted by atomic mass is 9.85. The average Bonchev–Trinajstić information content (AvgIpc) is 2.05. The van der Waals surface area contributed by atoms with E-state index >= 15 is 0 Å². The fourth-order valence-electron chi connectivity index (χ4n) is 1.69. The maximum atomic E-state index is 4.34. The number of rotatable bonds is 2. The number of halogens is 1. The molecule has 0 amide bonds. The molecule has 83 valence electrons. The number of hydrogen-bond donors (Lipinski definition) is 0. The van der Waals surface area contributed by atoms with Gasteiger partial charge in [-0.3, -0.25) is 0 Å². The zero-order valence-corrected chi connectivity index (χ0v) is 12.8. The number of hydrogen-bond acceptors (Lipinski definition) is 1. The predicted octanol–water partition coefficient (Wildman–Crippen LogP) is 3.98. The fourth-order valence-corrected chi connectivity index (χ4v) is 3.49.